The summed E-state index contributed by atoms with van der Waals surface area (Å²) in [7, 11) is 0. The SMILES string of the molecule is CC(C)c1ccc(NC(=O)c2cccc(F)c2N)cc1. The molecule has 104 valence electrons. The zero-order chi connectivity index (χ0) is 14.7. The minimum Gasteiger partial charge on any atom is -0.396 e. The zero-order valence-electron chi connectivity index (χ0n) is 11.5. The van der Waals surface area contributed by atoms with E-state index in [0.717, 1.165) is 0 Å². The Labute approximate surface area is 117 Å². The molecule has 0 heterocycles. The van der Waals surface area contributed by atoms with Gasteiger partial charge >= 0.3 is 0 Å². The Morgan fingerprint density at radius 3 is 2.40 bits per heavy atom. The normalized spacial score (nSPS) is 10.6. The highest BCUT2D eigenvalue weighted by Crippen LogP contribution is 2.20. The van der Waals surface area contributed by atoms with Crippen molar-refractivity contribution in [2.75, 3.05) is 11.1 Å². The standard InChI is InChI=1S/C16H17FN2O/c1-10(2)11-6-8-12(9-7-11)19-16(20)13-4-3-5-14(17)15(13)18/h3-10H,18H2,1-2H3,(H,19,20). The van der Waals surface area contributed by atoms with Gasteiger partial charge in [0.15, 0.2) is 0 Å². The molecule has 2 rings (SSSR count). The molecule has 0 radical (unpaired) electrons. The Hall–Kier alpha value is -2.36. The number of hydrogen-bond donors (Lipinski definition) is 2. The molecule has 2 aromatic carbocycles. The van der Waals surface area contributed by atoms with Crippen molar-refractivity contribution in [3.63, 3.8) is 0 Å². The Kier molecular flexibility index (Phi) is 4.03. The summed E-state index contributed by atoms with van der Waals surface area (Å²) < 4.78 is 13.3. The summed E-state index contributed by atoms with van der Waals surface area (Å²) in [6.45, 7) is 4.20. The van der Waals surface area contributed by atoms with E-state index < -0.39 is 11.7 Å². The van der Waals surface area contributed by atoms with E-state index in [-0.39, 0.29) is 11.3 Å². The van der Waals surface area contributed by atoms with Crippen LogP contribution in [-0.2, 0) is 0 Å². The Morgan fingerprint density at radius 1 is 1.15 bits per heavy atom. The van der Waals surface area contributed by atoms with Crippen molar-refractivity contribution in [2.45, 2.75) is 19.8 Å². The molecule has 0 aromatic heterocycles. The molecule has 0 aliphatic heterocycles. The number of carbonyl (C=O) groups is 1. The summed E-state index contributed by atoms with van der Waals surface area (Å²) in [5, 5.41) is 2.71. The molecule has 0 spiro atoms. The molecule has 2 aromatic rings. The zero-order valence-corrected chi connectivity index (χ0v) is 11.5. The quantitative estimate of drug-likeness (QED) is 0.835. The fraction of sp³-hybridized carbons (Fsp3) is 0.188. The van der Waals surface area contributed by atoms with Gasteiger partial charge in [0.1, 0.15) is 5.82 Å². The molecule has 0 bridgehead atoms. The number of amides is 1. The number of rotatable bonds is 3. The summed E-state index contributed by atoms with van der Waals surface area (Å²) in [5.41, 5.74) is 7.41. The number of nitrogen functional groups attached to an aromatic ring is 1. The van der Waals surface area contributed by atoms with Gasteiger partial charge < -0.3 is 11.1 Å². The van der Waals surface area contributed by atoms with Crippen LogP contribution in [0.25, 0.3) is 0 Å². The second kappa shape index (κ2) is 5.74. The fourth-order valence-corrected chi connectivity index (χ4v) is 1.88. The Bertz CT molecular complexity index is 621. The van der Waals surface area contributed by atoms with E-state index >= 15 is 0 Å². The lowest BCUT2D eigenvalue weighted by Gasteiger charge is -2.10. The number of halogens is 1. The van der Waals surface area contributed by atoms with Crippen molar-refractivity contribution in [3.8, 4) is 0 Å². The van der Waals surface area contributed by atoms with Gasteiger partial charge in [0.25, 0.3) is 5.91 Å². The lowest BCUT2D eigenvalue weighted by atomic mass is 10.0. The summed E-state index contributed by atoms with van der Waals surface area (Å²) >= 11 is 0. The number of nitrogens with two attached hydrogens (primary N) is 1. The first-order chi connectivity index (χ1) is 9.49. The number of hydrogen-bond acceptors (Lipinski definition) is 2. The molecule has 20 heavy (non-hydrogen) atoms. The molecule has 4 heteroatoms. The lowest BCUT2D eigenvalue weighted by Crippen LogP contribution is -2.14. The molecule has 0 fully saturated rings. The van der Waals surface area contributed by atoms with Crippen molar-refractivity contribution >= 4 is 17.3 Å². The van der Waals surface area contributed by atoms with Gasteiger partial charge in [-0.1, -0.05) is 32.0 Å². The second-order valence-electron chi connectivity index (χ2n) is 4.93. The van der Waals surface area contributed by atoms with Crippen LogP contribution >= 0.6 is 0 Å². The smallest absolute Gasteiger partial charge is 0.257 e. The highest BCUT2D eigenvalue weighted by molar-refractivity contribution is 6.07. The van der Waals surface area contributed by atoms with Crippen molar-refractivity contribution in [1.82, 2.24) is 0 Å². The average molecular weight is 272 g/mol. The van der Waals surface area contributed by atoms with Crippen LogP contribution in [0.4, 0.5) is 15.8 Å². The summed E-state index contributed by atoms with van der Waals surface area (Å²) in [4.78, 5) is 12.0. The number of para-hydroxylation sites is 1. The second-order valence-corrected chi connectivity index (χ2v) is 4.93. The molecule has 1 amide bonds. The third kappa shape index (κ3) is 2.96. The van der Waals surface area contributed by atoms with Crippen LogP contribution in [0.1, 0.15) is 35.7 Å². The molecule has 0 atom stereocenters. The molecule has 3 nitrogen and oxygen atoms in total. The van der Waals surface area contributed by atoms with Gasteiger partial charge in [0.05, 0.1) is 11.3 Å². The monoisotopic (exact) mass is 272 g/mol. The van der Waals surface area contributed by atoms with Crippen LogP contribution in [0.15, 0.2) is 42.5 Å². The first kappa shape index (κ1) is 14.1. The number of anilines is 2. The van der Waals surface area contributed by atoms with E-state index in [0.29, 0.717) is 11.6 Å². The Balaban J connectivity index is 2.17. The van der Waals surface area contributed by atoms with E-state index in [1.807, 2.05) is 24.3 Å². The van der Waals surface area contributed by atoms with Gasteiger partial charge in [-0.05, 0) is 35.7 Å². The molecule has 0 unspecified atom stereocenters. The molecule has 0 saturated heterocycles. The topological polar surface area (TPSA) is 55.1 Å². The molecular weight excluding hydrogens is 255 g/mol. The van der Waals surface area contributed by atoms with Crippen molar-refractivity contribution in [1.29, 1.82) is 0 Å². The first-order valence-electron chi connectivity index (χ1n) is 6.44. The van der Waals surface area contributed by atoms with E-state index in [9.17, 15) is 9.18 Å². The highest BCUT2D eigenvalue weighted by Gasteiger charge is 2.12. The van der Waals surface area contributed by atoms with Gasteiger partial charge in [0.2, 0.25) is 0 Å². The van der Waals surface area contributed by atoms with Gasteiger partial charge in [-0.25, -0.2) is 4.39 Å². The fourth-order valence-electron chi connectivity index (χ4n) is 1.88. The minimum absolute atomic E-state index is 0.135. The third-order valence-electron chi connectivity index (χ3n) is 3.13. The van der Waals surface area contributed by atoms with E-state index in [2.05, 4.69) is 19.2 Å². The predicted molar refractivity (Wildman–Crippen MR) is 79.3 cm³/mol. The summed E-state index contributed by atoms with van der Waals surface area (Å²) in [5.74, 6) is -0.578. The van der Waals surface area contributed by atoms with E-state index in [1.165, 1.54) is 23.8 Å². The van der Waals surface area contributed by atoms with Gasteiger partial charge in [0, 0.05) is 5.69 Å². The molecule has 0 saturated carbocycles. The van der Waals surface area contributed by atoms with Crippen LogP contribution < -0.4 is 11.1 Å². The van der Waals surface area contributed by atoms with E-state index in [4.69, 9.17) is 5.73 Å². The molecule has 0 aliphatic rings. The molecule has 3 N–H and O–H groups in total. The maximum absolute atomic E-state index is 13.3. The van der Waals surface area contributed by atoms with Gasteiger partial charge in [-0.2, -0.15) is 0 Å². The number of benzene rings is 2. The molecule has 0 aliphatic carbocycles. The average Bonchev–Trinajstić information content (AvgIpc) is 2.42. The molecular formula is C16H17FN2O. The number of carbonyl (C=O) groups excluding carboxylic acids is 1. The van der Waals surface area contributed by atoms with Crippen molar-refractivity contribution in [2.24, 2.45) is 0 Å². The van der Waals surface area contributed by atoms with Crippen LogP contribution in [0, 0.1) is 5.82 Å². The summed E-state index contributed by atoms with van der Waals surface area (Å²) in [6.07, 6.45) is 0. The van der Waals surface area contributed by atoms with Crippen LogP contribution in [0.2, 0.25) is 0 Å². The maximum Gasteiger partial charge on any atom is 0.257 e. The first-order valence-corrected chi connectivity index (χ1v) is 6.44. The largest absolute Gasteiger partial charge is 0.396 e. The highest BCUT2D eigenvalue weighted by atomic mass is 19.1. The van der Waals surface area contributed by atoms with Crippen molar-refractivity contribution in [3.05, 3.63) is 59.4 Å². The van der Waals surface area contributed by atoms with Crippen LogP contribution in [-0.4, -0.2) is 5.91 Å². The van der Waals surface area contributed by atoms with Crippen LogP contribution in [0.5, 0.6) is 0 Å². The van der Waals surface area contributed by atoms with Crippen LogP contribution in [0.3, 0.4) is 0 Å². The third-order valence-corrected chi connectivity index (χ3v) is 3.13. The Morgan fingerprint density at radius 2 is 1.80 bits per heavy atom. The predicted octanol–water partition coefficient (Wildman–Crippen LogP) is 3.78. The van der Waals surface area contributed by atoms with Crippen molar-refractivity contribution < 1.29 is 9.18 Å². The maximum atomic E-state index is 13.3. The van der Waals surface area contributed by atoms with Gasteiger partial charge in [-0.15, -0.1) is 0 Å². The minimum atomic E-state index is -0.590. The lowest BCUT2D eigenvalue weighted by molar-refractivity contribution is 0.102. The summed E-state index contributed by atoms with van der Waals surface area (Å²) in [6, 6.07) is 11.7. The van der Waals surface area contributed by atoms with Gasteiger partial charge in [-0.3, -0.25) is 4.79 Å². The van der Waals surface area contributed by atoms with E-state index in [1.54, 1.807) is 0 Å². The number of nitrogens with one attached hydrogen (secondary N) is 1.